The predicted molar refractivity (Wildman–Crippen MR) is 102 cm³/mol. The zero-order chi connectivity index (χ0) is 17.6. The lowest BCUT2D eigenvalue weighted by atomic mass is 10.2. The summed E-state index contributed by atoms with van der Waals surface area (Å²) in [7, 11) is 0. The third-order valence-corrected chi connectivity index (χ3v) is 5.49. The fourth-order valence-electron chi connectivity index (χ4n) is 2.04. The van der Waals surface area contributed by atoms with Crippen molar-refractivity contribution in [1.29, 1.82) is 5.26 Å². The number of aromatic amines is 1. The lowest BCUT2D eigenvalue weighted by Gasteiger charge is -2.08. The zero-order valence-electron chi connectivity index (χ0n) is 13.1. The van der Waals surface area contributed by atoms with Gasteiger partial charge in [-0.2, -0.15) is 5.26 Å². The first-order valence-electron chi connectivity index (χ1n) is 7.21. The Bertz CT molecular complexity index is 914. The molecule has 2 N–H and O–H groups in total. The van der Waals surface area contributed by atoms with Crippen LogP contribution in [0.4, 0.5) is 5.69 Å². The summed E-state index contributed by atoms with van der Waals surface area (Å²) in [6, 6.07) is 9.40. The molecule has 0 fully saturated rings. The Balaban J connectivity index is 1.56. The van der Waals surface area contributed by atoms with Gasteiger partial charge in [-0.3, -0.25) is 9.89 Å². The van der Waals surface area contributed by atoms with Crippen LogP contribution in [-0.2, 0) is 4.79 Å². The Hall–Kier alpha value is -2.28. The van der Waals surface area contributed by atoms with Crippen LogP contribution in [0.25, 0.3) is 10.7 Å². The van der Waals surface area contributed by atoms with Crippen LogP contribution < -0.4 is 5.32 Å². The Morgan fingerprint density at radius 1 is 1.44 bits per heavy atom. The fraction of sp³-hybridized carbons (Fsp3) is 0.125. The van der Waals surface area contributed by atoms with Crippen LogP contribution in [0.15, 0.2) is 45.8 Å². The van der Waals surface area contributed by atoms with Crippen molar-refractivity contribution < 1.29 is 4.79 Å². The molecule has 6 nitrogen and oxygen atoms in total. The molecule has 0 aliphatic rings. The van der Waals surface area contributed by atoms with Crippen LogP contribution in [0.5, 0.6) is 0 Å². The molecule has 0 saturated heterocycles. The third-order valence-electron chi connectivity index (χ3n) is 3.19. The van der Waals surface area contributed by atoms with E-state index in [0.717, 1.165) is 32.8 Å². The first kappa shape index (κ1) is 17.5. The molecule has 0 saturated carbocycles. The number of hydrogen-bond acceptors (Lipinski definition) is 7. The van der Waals surface area contributed by atoms with E-state index in [4.69, 9.17) is 5.26 Å². The first-order valence-corrected chi connectivity index (χ1v) is 9.89. The van der Waals surface area contributed by atoms with Crippen molar-refractivity contribution in [2.45, 2.75) is 17.0 Å². The maximum Gasteiger partial charge on any atom is 0.234 e. The molecule has 2 heterocycles. The van der Waals surface area contributed by atoms with Crippen LogP contribution in [-0.4, -0.2) is 26.8 Å². The number of thiophene rings is 1. The maximum atomic E-state index is 12.1. The fourth-order valence-corrected chi connectivity index (χ4v) is 3.78. The van der Waals surface area contributed by atoms with Crippen molar-refractivity contribution in [3.8, 4) is 16.1 Å². The SMILES string of the molecule is Cc1cc(SC#N)ccc1NC(=O)CSc1n[nH]c(-c2cccs2)n1. The van der Waals surface area contributed by atoms with E-state index in [2.05, 4.69) is 20.5 Å². The van der Waals surface area contributed by atoms with Crippen molar-refractivity contribution in [2.75, 3.05) is 11.1 Å². The van der Waals surface area contributed by atoms with E-state index in [1.165, 1.54) is 11.8 Å². The number of rotatable bonds is 6. The van der Waals surface area contributed by atoms with E-state index < -0.39 is 0 Å². The van der Waals surface area contributed by atoms with Crippen LogP contribution in [0, 0.1) is 17.6 Å². The predicted octanol–water partition coefficient (Wildman–Crippen LogP) is 4.15. The molecule has 0 aliphatic heterocycles. The number of nitrogens with one attached hydrogen (secondary N) is 2. The second-order valence-electron chi connectivity index (χ2n) is 4.95. The van der Waals surface area contributed by atoms with Crippen LogP contribution in [0.1, 0.15) is 5.56 Å². The van der Waals surface area contributed by atoms with Gasteiger partial charge in [-0.05, 0) is 53.9 Å². The average molecular weight is 388 g/mol. The molecule has 2 aromatic heterocycles. The van der Waals surface area contributed by atoms with E-state index >= 15 is 0 Å². The van der Waals surface area contributed by atoms with E-state index in [-0.39, 0.29) is 11.7 Å². The number of anilines is 1. The highest BCUT2D eigenvalue weighted by Gasteiger charge is 2.11. The van der Waals surface area contributed by atoms with Gasteiger partial charge in [0.2, 0.25) is 11.1 Å². The minimum absolute atomic E-state index is 0.128. The van der Waals surface area contributed by atoms with Gasteiger partial charge < -0.3 is 5.32 Å². The molecule has 25 heavy (non-hydrogen) atoms. The van der Waals surface area contributed by atoms with Crippen molar-refractivity contribution >= 4 is 46.5 Å². The van der Waals surface area contributed by atoms with Crippen molar-refractivity contribution in [3.05, 3.63) is 41.3 Å². The van der Waals surface area contributed by atoms with Gasteiger partial charge in [-0.15, -0.1) is 16.4 Å². The zero-order valence-corrected chi connectivity index (χ0v) is 15.6. The number of hydrogen-bond donors (Lipinski definition) is 2. The smallest absolute Gasteiger partial charge is 0.234 e. The Morgan fingerprint density at radius 2 is 2.32 bits per heavy atom. The molecule has 126 valence electrons. The number of nitrogens with zero attached hydrogens (tertiary/aromatic N) is 3. The molecule has 0 radical (unpaired) electrons. The molecule has 0 unspecified atom stereocenters. The van der Waals surface area contributed by atoms with Crippen molar-refractivity contribution in [3.63, 3.8) is 0 Å². The summed E-state index contributed by atoms with van der Waals surface area (Å²) in [5.74, 6) is 0.797. The van der Waals surface area contributed by atoms with Gasteiger partial charge in [0.25, 0.3) is 0 Å². The maximum absolute atomic E-state index is 12.1. The van der Waals surface area contributed by atoms with E-state index in [0.29, 0.717) is 11.0 Å². The normalized spacial score (nSPS) is 10.4. The van der Waals surface area contributed by atoms with E-state index in [1.54, 1.807) is 17.4 Å². The highest BCUT2D eigenvalue weighted by atomic mass is 32.2. The number of H-pyrrole nitrogens is 1. The van der Waals surface area contributed by atoms with Crippen LogP contribution in [0.2, 0.25) is 0 Å². The van der Waals surface area contributed by atoms with E-state index in [9.17, 15) is 4.79 Å². The number of aromatic nitrogens is 3. The monoisotopic (exact) mass is 387 g/mol. The van der Waals surface area contributed by atoms with Gasteiger partial charge in [0.15, 0.2) is 5.82 Å². The lowest BCUT2D eigenvalue weighted by Crippen LogP contribution is -2.14. The first-order chi connectivity index (χ1) is 12.2. The number of thiocyanates is 1. The summed E-state index contributed by atoms with van der Waals surface area (Å²) in [6.07, 6.45) is 0. The van der Waals surface area contributed by atoms with Crippen LogP contribution in [0.3, 0.4) is 0 Å². The van der Waals surface area contributed by atoms with Gasteiger partial charge in [0.05, 0.1) is 10.6 Å². The molecule has 1 amide bonds. The quantitative estimate of drug-likeness (QED) is 0.487. The van der Waals surface area contributed by atoms with Crippen LogP contribution >= 0.6 is 34.9 Å². The summed E-state index contributed by atoms with van der Waals surface area (Å²) in [4.78, 5) is 18.4. The average Bonchev–Trinajstić information content (AvgIpc) is 3.27. The molecule has 0 aliphatic carbocycles. The summed E-state index contributed by atoms with van der Waals surface area (Å²) >= 11 is 3.95. The number of benzene rings is 1. The Kier molecular flexibility index (Phi) is 5.75. The molecule has 3 rings (SSSR count). The minimum atomic E-state index is -0.128. The molecule has 3 aromatic rings. The number of carbonyl (C=O) groups excluding carboxylic acids is 1. The minimum Gasteiger partial charge on any atom is -0.325 e. The van der Waals surface area contributed by atoms with Gasteiger partial charge in [-0.25, -0.2) is 4.98 Å². The molecule has 9 heteroatoms. The number of carbonyl (C=O) groups is 1. The lowest BCUT2D eigenvalue weighted by molar-refractivity contribution is -0.113. The second kappa shape index (κ2) is 8.20. The summed E-state index contributed by atoms with van der Waals surface area (Å²) in [6.45, 7) is 1.90. The topological polar surface area (TPSA) is 94.5 Å². The number of thioether (sulfide) groups is 2. The molecular formula is C16H13N5OS3. The molecule has 0 spiro atoms. The standard InChI is InChI=1S/C16H13N5OS3/c1-10-7-11(25-9-17)4-5-12(10)18-14(22)8-24-16-19-15(20-21-16)13-3-2-6-23-13/h2-7H,8H2,1H3,(H,18,22)(H,19,20,21). The number of nitriles is 1. The third kappa shape index (κ3) is 4.63. The summed E-state index contributed by atoms with van der Waals surface area (Å²) < 4.78 is 0. The number of amides is 1. The van der Waals surface area contributed by atoms with Gasteiger partial charge in [0.1, 0.15) is 5.40 Å². The Morgan fingerprint density at radius 3 is 3.04 bits per heavy atom. The largest absolute Gasteiger partial charge is 0.325 e. The highest BCUT2D eigenvalue weighted by molar-refractivity contribution is 8.03. The molecule has 0 atom stereocenters. The summed E-state index contributed by atoms with van der Waals surface area (Å²) in [5.41, 5.74) is 1.65. The highest BCUT2D eigenvalue weighted by Crippen LogP contribution is 2.25. The van der Waals surface area contributed by atoms with Gasteiger partial charge >= 0.3 is 0 Å². The number of aryl methyl sites for hydroxylation is 1. The van der Waals surface area contributed by atoms with E-state index in [1.807, 2.05) is 42.0 Å². The Labute approximate surface area is 157 Å². The molecule has 0 bridgehead atoms. The van der Waals surface area contributed by atoms with Gasteiger partial charge in [-0.1, -0.05) is 17.8 Å². The molecule has 1 aromatic carbocycles. The van der Waals surface area contributed by atoms with Crippen molar-refractivity contribution in [2.24, 2.45) is 0 Å². The molecular weight excluding hydrogens is 374 g/mol. The van der Waals surface area contributed by atoms with Crippen molar-refractivity contribution in [1.82, 2.24) is 15.2 Å². The second-order valence-corrected chi connectivity index (χ2v) is 7.70. The van der Waals surface area contributed by atoms with Gasteiger partial charge in [0, 0.05) is 10.6 Å². The summed E-state index contributed by atoms with van der Waals surface area (Å²) in [5, 5.41) is 23.1.